The second-order valence-corrected chi connectivity index (χ2v) is 6.66. The van der Waals surface area contributed by atoms with E-state index in [-0.39, 0.29) is 11.6 Å². The number of nitrogens with one attached hydrogen (secondary N) is 2. The highest BCUT2D eigenvalue weighted by atomic mass is 19.1. The van der Waals surface area contributed by atoms with E-state index in [2.05, 4.69) is 20.6 Å². The van der Waals surface area contributed by atoms with Gasteiger partial charge in [0.05, 0.1) is 5.56 Å². The van der Waals surface area contributed by atoms with Crippen molar-refractivity contribution in [2.75, 3.05) is 10.6 Å². The Morgan fingerprint density at radius 1 is 0.742 bits per heavy atom. The van der Waals surface area contributed by atoms with Crippen LogP contribution >= 0.6 is 0 Å². The zero-order chi connectivity index (χ0) is 21.5. The third-order valence-electron chi connectivity index (χ3n) is 4.47. The molecule has 0 amide bonds. The number of halogens is 1. The molecule has 0 fully saturated rings. The van der Waals surface area contributed by atoms with Crippen molar-refractivity contribution >= 4 is 34.9 Å². The standard InChI is InChI=1S/C25H19FN4O/c26-19-11-13-21(14-12-19)29-24-18(6-4-16-27-24)10-15-23(31)22-9-5-17-28-25(22)30-20-7-2-1-3-8-20/h1-17H,(H,27,29)(H,28,30)/b15-10+. The van der Waals surface area contributed by atoms with Crippen LogP contribution < -0.4 is 10.6 Å². The third kappa shape index (κ3) is 5.19. The lowest BCUT2D eigenvalue weighted by Crippen LogP contribution is -2.03. The van der Waals surface area contributed by atoms with E-state index < -0.39 is 0 Å². The number of benzene rings is 2. The van der Waals surface area contributed by atoms with Crippen molar-refractivity contribution in [1.29, 1.82) is 0 Å². The molecule has 5 nitrogen and oxygen atoms in total. The summed E-state index contributed by atoms with van der Waals surface area (Å²) >= 11 is 0. The van der Waals surface area contributed by atoms with Crippen molar-refractivity contribution in [2.24, 2.45) is 0 Å². The molecule has 0 aliphatic heterocycles. The minimum absolute atomic E-state index is 0.192. The van der Waals surface area contributed by atoms with Gasteiger partial charge in [-0.05, 0) is 72.8 Å². The van der Waals surface area contributed by atoms with Crippen LogP contribution in [0.25, 0.3) is 6.08 Å². The number of anilines is 4. The number of hydrogen-bond donors (Lipinski definition) is 2. The number of rotatable bonds is 7. The van der Waals surface area contributed by atoms with Crippen molar-refractivity contribution < 1.29 is 9.18 Å². The van der Waals surface area contributed by atoms with Crippen molar-refractivity contribution in [1.82, 2.24) is 9.97 Å². The van der Waals surface area contributed by atoms with E-state index in [0.29, 0.717) is 22.9 Å². The van der Waals surface area contributed by atoms with E-state index in [9.17, 15) is 9.18 Å². The summed E-state index contributed by atoms with van der Waals surface area (Å²) in [5.41, 5.74) is 2.72. The van der Waals surface area contributed by atoms with Gasteiger partial charge in [-0.25, -0.2) is 14.4 Å². The average molecular weight is 410 g/mol. The van der Waals surface area contributed by atoms with Crippen LogP contribution in [0.3, 0.4) is 0 Å². The molecule has 2 N–H and O–H groups in total. The smallest absolute Gasteiger partial charge is 0.189 e. The monoisotopic (exact) mass is 410 g/mol. The van der Waals surface area contributed by atoms with E-state index in [0.717, 1.165) is 11.3 Å². The molecule has 2 heterocycles. The van der Waals surface area contributed by atoms with Crippen LogP contribution in [-0.4, -0.2) is 15.8 Å². The first-order valence-corrected chi connectivity index (χ1v) is 9.66. The fourth-order valence-electron chi connectivity index (χ4n) is 2.94. The van der Waals surface area contributed by atoms with E-state index >= 15 is 0 Å². The van der Waals surface area contributed by atoms with Crippen molar-refractivity contribution in [3.8, 4) is 0 Å². The van der Waals surface area contributed by atoms with Gasteiger partial charge in [0.2, 0.25) is 0 Å². The summed E-state index contributed by atoms with van der Waals surface area (Å²) in [4.78, 5) is 21.5. The Balaban J connectivity index is 1.55. The number of pyridine rings is 2. The fourth-order valence-corrected chi connectivity index (χ4v) is 2.94. The Morgan fingerprint density at radius 3 is 2.16 bits per heavy atom. The normalized spacial score (nSPS) is 10.7. The average Bonchev–Trinajstić information content (AvgIpc) is 2.81. The third-order valence-corrected chi connectivity index (χ3v) is 4.47. The molecule has 6 heteroatoms. The molecular formula is C25H19FN4O. The molecular weight excluding hydrogens is 391 g/mol. The number of carbonyl (C=O) groups is 1. The molecule has 4 rings (SSSR count). The fraction of sp³-hybridized carbons (Fsp3) is 0. The Hall–Kier alpha value is -4.32. The number of nitrogens with zero attached hydrogens (tertiary/aromatic N) is 2. The molecule has 2 aromatic carbocycles. The molecule has 0 saturated heterocycles. The van der Waals surface area contributed by atoms with E-state index in [4.69, 9.17) is 0 Å². The molecule has 0 unspecified atom stereocenters. The van der Waals surface area contributed by atoms with Gasteiger partial charge in [0.1, 0.15) is 17.5 Å². The van der Waals surface area contributed by atoms with Gasteiger partial charge in [0, 0.05) is 29.3 Å². The summed E-state index contributed by atoms with van der Waals surface area (Å²) < 4.78 is 13.1. The summed E-state index contributed by atoms with van der Waals surface area (Å²) in [5, 5.41) is 6.32. The van der Waals surface area contributed by atoms with Crippen LogP contribution in [-0.2, 0) is 0 Å². The number of allylic oxidation sites excluding steroid dienone is 1. The number of para-hydroxylation sites is 1. The molecule has 0 bridgehead atoms. The molecule has 0 aliphatic carbocycles. The molecule has 0 spiro atoms. The molecule has 31 heavy (non-hydrogen) atoms. The van der Waals surface area contributed by atoms with Gasteiger partial charge in [0.15, 0.2) is 5.78 Å². The lowest BCUT2D eigenvalue weighted by molar-refractivity contribution is 0.104. The minimum atomic E-state index is -0.311. The number of aromatic nitrogens is 2. The SMILES string of the molecule is O=C(/C=C/c1cccnc1Nc1ccc(F)cc1)c1cccnc1Nc1ccccc1. The number of carbonyl (C=O) groups excluding carboxylic acids is 1. The molecule has 4 aromatic rings. The Morgan fingerprint density at radius 2 is 1.39 bits per heavy atom. The first-order valence-electron chi connectivity index (χ1n) is 9.66. The van der Waals surface area contributed by atoms with Crippen molar-refractivity contribution in [2.45, 2.75) is 0 Å². The van der Waals surface area contributed by atoms with Crippen LogP contribution in [0, 0.1) is 5.82 Å². The van der Waals surface area contributed by atoms with Crippen LogP contribution in [0.4, 0.5) is 27.4 Å². The Bertz CT molecular complexity index is 1210. The van der Waals surface area contributed by atoms with Crippen LogP contribution in [0.2, 0.25) is 0 Å². The maximum absolute atomic E-state index is 13.1. The molecule has 2 aromatic heterocycles. The Kier molecular flexibility index (Phi) is 6.09. The van der Waals surface area contributed by atoms with E-state index in [1.807, 2.05) is 36.4 Å². The summed E-state index contributed by atoms with van der Waals surface area (Å²) in [6.07, 6.45) is 6.46. The molecule has 0 radical (unpaired) electrons. The van der Waals surface area contributed by atoms with Crippen LogP contribution in [0.15, 0.2) is 97.3 Å². The van der Waals surface area contributed by atoms with E-state index in [1.165, 1.54) is 18.2 Å². The predicted octanol–water partition coefficient (Wildman–Crippen LogP) is 6.00. The zero-order valence-corrected chi connectivity index (χ0v) is 16.5. The second-order valence-electron chi connectivity index (χ2n) is 6.66. The Labute approximate surface area is 179 Å². The lowest BCUT2D eigenvalue weighted by Gasteiger charge is -2.09. The first-order chi connectivity index (χ1) is 15.2. The second kappa shape index (κ2) is 9.45. The van der Waals surface area contributed by atoms with Crippen molar-refractivity contribution in [3.63, 3.8) is 0 Å². The van der Waals surface area contributed by atoms with Gasteiger partial charge in [0.25, 0.3) is 0 Å². The molecule has 152 valence electrons. The summed E-state index contributed by atoms with van der Waals surface area (Å²) in [7, 11) is 0. The van der Waals surface area contributed by atoms with E-state index in [1.54, 1.807) is 48.8 Å². The van der Waals surface area contributed by atoms with Crippen molar-refractivity contribution in [3.05, 3.63) is 114 Å². The van der Waals surface area contributed by atoms with Gasteiger partial charge in [-0.15, -0.1) is 0 Å². The van der Waals surface area contributed by atoms with Gasteiger partial charge >= 0.3 is 0 Å². The van der Waals surface area contributed by atoms with Gasteiger partial charge < -0.3 is 10.6 Å². The summed E-state index contributed by atoms with van der Waals surface area (Å²) in [6.45, 7) is 0. The van der Waals surface area contributed by atoms with Gasteiger partial charge in [-0.1, -0.05) is 18.2 Å². The first kappa shape index (κ1) is 20.0. The lowest BCUT2D eigenvalue weighted by atomic mass is 10.1. The maximum atomic E-state index is 13.1. The van der Waals surface area contributed by atoms with Gasteiger partial charge in [-0.2, -0.15) is 0 Å². The topological polar surface area (TPSA) is 66.9 Å². The molecule has 0 saturated carbocycles. The summed E-state index contributed by atoms with van der Waals surface area (Å²) in [6, 6.07) is 22.6. The zero-order valence-electron chi connectivity index (χ0n) is 16.5. The van der Waals surface area contributed by atoms with Crippen LogP contribution in [0.5, 0.6) is 0 Å². The molecule has 0 atom stereocenters. The number of hydrogen-bond acceptors (Lipinski definition) is 5. The minimum Gasteiger partial charge on any atom is -0.340 e. The largest absolute Gasteiger partial charge is 0.340 e. The van der Waals surface area contributed by atoms with Crippen LogP contribution in [0.1, 0.15) is 15.9 Å². The summed E-state index contributed by atoms with van der Waals surface area (Å²) in [5.74, 6) is 0.544. The quantitative estimate of drug-likeness (QED) is 0.289. The highest BCUT2D eigenvalue weighted by Gasteiger charge is 2.10. The highest BCUT2D eigenvalue weighted by molar-refractivity contribution is 6.10. The maximum Gasteiger partial charge on any atom is 0.189 e. The highest BCUT2D eigenvalue weighted by Crippen LogP contribution is 2.22. The molecule has 0 aliphatic rings. The van der Waals surface area contributed by atoms with Gasteiger partial charge in [-0.3, -0.25) is 4.79 Å². The predicted molar refractivity (Wildman–Crippen MR) is 121 cm³/mol. The number of ketones is 1.